The fourth-order valence-electron chi connectivity index (χ4n) is 3.45. The van der Waals surface area contributed by atoms with E-state index in [2.05, 4.69) is 38.4 Å². The van der Waals surface area contributed by atoms with Crippen LogP contribution in [0.3, 0.4) is 0 Å². The van der Waals surface area contributed by atoms with Gasteiger partial charge in [-0.2, -0.15) is 0 Å². The van der Waals surface area contributed by atoms with Crippen molar-refractivity contribution in [3.8, 4) is 0 Å². The number of pyridine rings is 2. The normalized spacial score (nSPS) is 15.8. The van der Waals surface area contributed by atoms with Crippen LogP contribution in [0.15, 0.2) is 54.3 Å². The molecule has 0 amide bonds. The quantitative estimate of drug-likeness (QED) is 0.712. The first-order chi connectivity index (χ1) is 12.8. The lowest BCUT2D eigenvalue weighted by molar-refractivity contribution is 0.176. The summed E-state index contributed by atoms with van der Waals surface area (Å²) in [6, 6.07) is 10.4. The molecule has 1 N–H and O–H groups in total. The van der Waals surface area contributed by atoms with E-state index in [-0.39, 0.29) is 0 Å². The van der Waals surface area contributed by atoms with Crippen molar-refractivity contribution in [1.82, 2.24) is 19.9 Å². The molecule has 5 nitrogen and oxygen atoms in total. The summed E-state index contributed by atoms with van der Waals surface area (Å²) in [5, 5.41) is 6.13. The highest BCUT2D eigenvalue weighted by Gasteiger charge is 2.20. The predicted octanol–water partition coefficient (Wildman–Crippen LogP) is 4.13. The largest absolute Gasteiger partial charge is 0.316 e. The van der Waals surface area contributed by atoms with Gasteiger partial charge in [0, 0.05) is 36.2 Å². The van der Waals surface area contributed by atoms with Gasteiger partial charge in [0.25, 0.3) is 0 Å². The zero-order valence-corrected chi connectivity index (χ0v) is 15.5. The molecule has 0 aliphatic carbocycles. The predicted molar refractivity (Wildman–Crippen MR) is 106 cm³/mol. The van der Waals surface area contributed by atoms with Crippen LogP contribution in [-0.2, 0) is 13.0 Å². The van der Waals surface area contributed by atoms with E-state index < -0.39 is 0 Å². The standard InChI is InChI=1S/C20H23N5S/c1-4-18(23-19(5-1)24-20-22-9-12-26-20)13-16-6-10-25(11-7-16)15-17-3-2-8-21-14-17/h1-5,8-9,12,14,16H,6-7,10-11,13,15H2,(H,22,23,24). The molecule has 0 unspecified atom stereocenters. The molecule has 0 aromatic carbocycles. The number of likely N-dealkylation sites (tertiary alicyclic amines) is 1. The molecule has 1 saturated heterocycles. The molecular formula is C20H23N5S. The molecular weight excluding hydrogens is 342 g/mol. The maximum atomic E-state index is 4.76. The molecule has 1 aliphatic heterocycles. The number of anilines is 2. The van der Waals surface area contributed by atoms with Gasteiger partial charge < -0.3 is 5.32 Å². The van der Waals surface area contributed by atoms with Crippen LogP contribution in [-0.4, -0.2) is 32.9 Å². The first kappa shape index (κ1) is 17.1. The Morgan fingerprint density at radius 2 is 2.04 bits per heavy atom. The number of nitrogens with one attached hydrogen (secondary N) is 1. The van der Waals surface area contributed by atoms with Gasteiger partial charge in [0.05, 0.1) is 0 Å². The van der Waals surface area contributed by atoms with E-state index >= 15 is 0 Å². The van der Waals surface area contributed by atoms with Gasteiger partial charge >= 0.3 is 0 Å². The Kier molecular flexibility index (Phi) is 5.52. The van der Waals surface area contributed by atoms with Crippen molar-refractivity contribution in [1.29, 1.82) is 0 Å². The minimum absolute atomic E-state index is 0.711. The summed E-state index contributed by atoms with van der Waals surface area (Å²) >= 11 is 1.59. The molecule has 4 rings (SSSR count). The summed E-state index contributed by atoms with van der Waals surface area (Å²) in [5.74, 6) is 1.59. The molecule has 0 radical (unpaired) electrons. The molecule has 134 valence electrons. The lowest BCUT2D eigenvalue weighted by atomic mass is 9.92. The van der Waals surface area contributed by atoms with E-state index in [0.29, 0.717) is 5.92 Å². The third kappa shape index (κ3) is 4.65. The lowest BCUT2D eigenvalue weighted by Crippen LogP contribution is -2.34. The summed E-state index contributed by atoms with van der Waals surface area (Å²) in [6.45, 7) is 3.30. The fraction of sp³-hybridized carbons (Fsp3) is 0.350. The summed E-state index contributed by atoms with van der Waals surface area (Å²) in [7, 11) is 0. The smallest absolute Gasteiger partial charge is 0.188 e. The molecule has 1 aliphatic rings. The number of nitrogens with zero attached hydrogens (tertiary/aromatic N) is 4. The van der Waals surface area contributed by atoms with Gasteiger partial charge in [-0.1, -0.05) is 12.1 Å². The zero-order valence-electron chi connectivity index (χ0n) is 14.7. The van der Waals surface area contributed by atoms with Gasteiger partial charge in [0.1, 0.15) is 5.82 Å². The number of hydrogen-bond acceptors (Lipinski definition) is 6. The van der Waals surface area contributed by atoms with Crippen LogP contribution in [0, 0.1) is 5.92 Å². The summed E-state index contributed by atoms with van der Waals surface area (Å²) in [5.41, 5.74) is 2.46. The van der Waals surface area contributed by atoms with Crippen LogP contribution in [0.5, 0.6) is 0 Å². The van der Waals surface area contributed by atoms with Gasteiger partial charge in [0.2, 0.25) is 0 Å². The highest BCUT2D eigenvalue weighted by Crippen LogP contribution is 2.23. The second-order valence-corrected chi connectivity index (χ2v) is 7.66. The van der Waals surface area contributed by atoms with Crippen LogP contribution >= 0.6 is 11.3 Å². The molecule has 0 saturated carbocycles. The van der Waals surface area contributed by atoms with Crippen LogP contribution in [0.25, 0.3) is 0 Å². The minimum atomic E-state index is 0.711. The Labute approximate surface area is 158 Å². The monoisotopic (exact) mass is 365 g/mol. The number of rotatable bonds is 6. The van der Waals surface area contributed by atoms with E-state index in [9.17, 15) is 0 Å². The van der Waals surface area contributed by atoms with Crippen molar-refractivity contribution in [2.24, 2.45) is 5.92 Å². The molecule has 4 heterocycles. The maximum Gasteiger partial charge on any atom is 0.188 e. The van der Waals surface area contributed by atoms with Crippen molar-refractivity contribution >= 4 is 22.3 Å². The average Bonchev–Trinajstić information content (AvgIpc) is 3.18. The Hall–Kier alpha value is -2.31. The Morgan fingerprint density at radius 3 is 2.81 bits per heavy atom. The number of piperidine rings is 1. The molecule has 6 heteroatoms. The van der Waals surface area contributed by atoms with Crippen LogP contribution < -0.4 is 5.32 Å². The average molecular weight is 366 g/mol. The van der Waals surface area contributed by atoms with E-state index in [4.69, 9.17) is 4.98 Å². The lowest BCUT2D eigenvalue weighted by Gasteiger charge is -2.31. The Morgan fingerprint density at radius 1 is 1.12 bits per heavy atom. The third-order valence-corrected chi connectivity index (χ3v) is 5.50. The van der Waals surface area contributed by atoms with E-state index in [0.717, 1.165) is 42.7 Å². The van der Waals surface area contributed by atoms with Crippen LogP contribution in [0.1, 0.15) is 24.1 Å². The van der Waals surface area contributed by atoms with Gasteiger partial charge in [-0.3, -0.25) is 9.88 Å². The highest BCUT2D eigenvalue weighted by atomic mass is 32.1. The number of aromatic nitrogens is 3. The molecule has 3 aromatic rings. The molecule has 0 atom stereocenters. The number of hydrogen-bond donors (Lipinski definition) is 1. The first-order valence-electron chi connectivity index (χ1n) is 9.09. The minimum Gasteiger partial charge on any atom is -0.316 e. The molecule has 1 fully saturated rings. The second kappa shape index (κ2) is 8.38. The van der Waals surface area contributed by atoms with Crippen molar-refractivity contribution in [3.63, 3.8) is 0 Å². The van der Waals surface area contributed by atoms with Crippen molar-refractivity contribution in [2.45, 2.75) is 25.8 Å². The van der Waals surface area contributed by atoms with Crippen molar-refractivity contribution in [2.75, 3.05) is 18.4 Å². The molecule has 26 heavy (non-hydrogen) atoms. The summed E-state index contributed by atoms with van der Waals surface area (Å²) in [6.07, 6.45) is 9.11. The van der Waals surface area contributed by atoms with E-state index in [1.54, 1.807) is 17.5 Å². The molecule has 0 spiro atoms. The zero-order chi connectivity index (χ0) is 17.6. The molecule has 3 aromatic heterocycles. The van der Waals surface area contributed by atoms with Crippen LogP contribution in [0.2, 0.25) is 0 Å². The van der Waals surface area contributed by atoms with E-state index in [1.165, 1.54) is 18.4 Å². The first-order valence-corrected chi connectivity index (χ1v) is 9.97. The van der Waals surface area contributed by atoms with Crippen LogP contribution in [0.4, 0.5) is 10.9 Å². The summed E-state index contributed by atoms with van der Waals surface area (Å²) < 4.78 is 0. The van der Waals surface area contributed by atoms with Gasteiger partial charge in [-0.25, -0.2) is 9.97 Å². The second-order valence-electron chi connectivity index (χ2n) is 6.76. The van der Waals surface area contributed by atoms with E-state index in [1.807, 2.05) is 29.9 Å². The fourth-order valence-corrected chi connectivity index (χ4v) is 3.99. The number of thiazole rings is 1. The topological polar surface area (TPSA) is 53.9 Å². The third-order valence-electron chi connectivity index (χ3n) is 4.81. The Bertz CT molecular complexity index is 798. The Balaban J connectivity index is 1.29. The van der Waals surface area contributed by atoms with Crippen molar-refractivity contribution < 1.29 is 0 Å². The van der Waals surface area contributed by atoms with Gasteiger partial charge in [0.15, 0.2) is 5.13 Å². The maximum absolute atomic E-state index is 4.76. The SMILES string of the molecule is c1cncc(CN2CCC(Cc3cccc(Nc4nccs4)n3)CC2)c1. The van der Waals surface area contributed by atoms with Crippen molar-refractivity contribution in [3.05, 3.63) is 65.6 Å². The molecule has 0 bridgehead atoms. The van der Waals surface area contributed by atoms with Gasteiger partial charge in [-0.15, -0.1) is 11.3 Å². The van der Waals surface area contributed by atoms with Gasteiger partial charge in [-0.05, 0) is 62.0 Å². The highest BCUT2D eigenvalue weighted by molar-refractivity contribution is 7.13. The summed E-state index contributed by atoms with van der Waals surface area (Å²) in [4.78, 5) is 15.8.